The third-order valence-corrected chi connectivity index (χ3v) is 3.65. The molecular weight excluding hydrogens is 240 g/mol. The van der Waals surface area contributed by atoms with E-state index < -0.39 is 0 Å². The van der Waals surface area contributed by atoms with Gasteiger partial charge in [-0.05, 0) is 32.4 Å². The molecular formula is C14H24N4O. The molecule has 1 N–H and O–H groups in total. The fraction of sp³-hybridized carbons (Fsp3) is 0.714. The molecule has 1 atom stereocenters. The summed E-state index contributed by atoms with van der Waals surface area (Å²) in [6.45, 7) is 6.89. The van der Waals surface area contributed by atoms with Gasteiger partial charge in [-0.15, -0.1) is 0 Å². The standard InChI is InChI=1S/C14H24N4O/c1-11(2)10-18-8-6-15-13(14(18)19)16-9-12-5-4-7-17(12)3/h6,8,11-12H,4-5,7,9-10H2,1-3H3,(H,15,16). The second-order valence-electron chi connectivity index (χ2n) is 5.78. The molecule has 1 unspecified atom stereocenters. The SMILES string of the molecule is CC(C)Cn1ccnc(NCC2CCCN2C)c1=O. The first kappa shape index (κ1) is 14.1. The van der Waals surface area contributed by atoms with Crippen molar-refractivity contribution in [2.45, 2.75) is 39.3 Å². The maximum Gasteiger partial charge on any atom is 0.293 e. The van der Waals surface area contributed by atoms with Crippen LogP contribution in [0.4, 0.5) is 5.82 Å². The summed E-state index contributed by atoms with van der Waals surface area (Å²) < 4.78 is 1.73. The Balaban J connectivity index is 2.02. The fourth-order valence-corrected chi connectivity index (χ4v) is 2.56. The van der Waals surface area contributed by atoms with Crippen molar-refractivity contribution in [2.24, 2.45) is 5.92 Å². The zero-order valence-corrected chi connectivity index (χ0v) is 12.1. The van der Waals surface area contributed by atoms with Crippen molar-refractivity contribution >= 4 is 5.82 Å². The van der Waals surface area contributed by atoms with E-state index >= 15 is 0 Å². The Labute approximate surface area is 114 Å². The predicted molar refractivity (Wildman–Crippen MR) is 77.5 cm³/mol. The van der Waals surface area contributed by atoms with Crippen LogP contribution in [0.3, 0.4) is 0 Å². The molecule has 0 amide bonds. The Bertz CT molecular complexity index is 469. The summed E-state index contributed by atoms with van der Waals surface area (Å²) in [6, 6.07) is 0.514. The summed E-state index contributed by atoms with van der Waals surface area (Å²) in [5, 5.41) is 3.21. The maximum atomic E-state index is 12.2. The van der Waals surface area contributed by atoms with Gasteiger partial charge in [-0.25, -0.2) is 4.98 Å². The Morgan fingerprint density at radius 2 is 2.32 bits per heavy atom. The molecule has 19 heavy (non-hydrogen) atoms. The van der Waals surface area contributed by atoms with Crippen molar-refractivity contribution in [2.75, 3.05) is 25.5 Å². The minimum Gasteiger partial charge on any atom is -0.364 e. The van der Waals surface area contributed by atoms with Crippen LogP contribution in [0.5, 0.6) is 0 Å². The molecule has 0 spiro atoms. The summed E-state index contributed by atoms with van der Waals surface area (Å²) in [4.78, 5) is 18.7. The normalized spacial score (nSPS) is 20.1. The maximum absolute atomic E-state index is 12.2. The number of hydrogen-bond donors (Lipinski definition) is 1. The highest BCUT2D eigenvalue weighted by Crippen LogP contribution is 2.14. The fourth-order valence-electron chi connectivity index (χ4n) is 2.56. The predicted octanol–water partition coefficient (Wildman–Crippen LogP) is 1.41. The average molecular weight is 264 g/mol. The molecule has 0 aliphatic carbocycles. The summed E-state index contributed by atoms with van der Waals surface area (Å²) in [5.41, 5.74) is -0.0168. The lowest BCUT2D eigenvalue weighted by Crippen LogP contribution is -2.34. The Morgan fingerprint density at radius 3 is 2.95 bits per heavy atom. The molecule has 1 fully saturated rings. The second kappa shape index (κ2) is 6.19. The van der Waals surface area contributed by atoms with E-state index in [1.807, 2.05) is 0 Å². The van der Waals surface area contributed by atoms with Crippen molar-refractivity contribution in [3.63, 3.8) is 0 Å². The van der Waals surface area contributed by atoms with Gasteiger partial charge in [-0.1, -0.05) is 13.8 Å². The highest BCUT2D eigenvalue weighted by molar-refractivity contribution is 5.31. The Hall–Kier alpha value is -1.36. The summed E-state index contributed by atoms with van der Waals surface area (Å²) in [7, 11) is 2.13. The van der Waals surface area contributed by atoms with Crippen LogP contribution in [-0.2, 0) is 6.54 Å². The summed E-state index contributed by atoms with van der Waals surface area (Å²) >= 11 is 0. The minimum absolute atomic E-state index is 0.0168. The van der Waals surface area contributed by atoms with Crippen LogP contribution in [0.15, 0.2) is 17.2 Å². The second-order valence-corrected chi connectivity index (χ2v) is 5.78. The largest absolute Gasteiger partial charge is 0.364 e. The smallest absolute Gasteiger partial charge is 0.293 e. The van der Waals surface area contributed by atoms with Gasteiger partial charge >= 0.3 is 0 Å². The van der Waals surface area contributed by atoms with E-state index in [1.165, 1.54) is 12.8 Å². The van der Waals surface area contributed by atoms with Gasteiger partial charge in [0.25, 0.3) is 5.56 Å². The van der Waals surface area contributed by atoms with E-state index in [9.17, 15) is 4.79 Å². The molecule has 1 aliphatic rings. The number of rotatable bonds is 5. The molecule has 0 aromatic carbocycles. The molecule has 0 saturated carbocycles. The number of nitrogens with one attached hydrogen (secondary N) is 1. The lowest BCUT2D eigenvalue weighted by Gasteiger charge is -2.20. The molecule has 0 bridgehead atoms. The van der Waals surface area contributed by atoms with Crippen LogP contribution in [0.2, 0.25) is 0 Å². The van der Waals surface area contributed by atoms with Gasteiger partial charge in [0.15, 0.2) is 5.82 Å². The van der Waals surface area contributed by atoms with Crippen molar-refractivity contribution in [3.05, 3.63) is 22.7 Å². The minimum atomic E-state index is -0.0168. The van der Waals surface area contributed by atoms with Crippen LogP contribution >= 0.6 is 0 Å². The number of likely N-dealkylation sites (tertiary alicyclic amines) is 1. The molecule has 0 radical (unpaired) electrons. The highest BCUT2D eigenvalue weighted by Gasteiger charge is 2.20. The van der Waals surface area contributed by atoms with E-state index in [2.05, 4.69) is 36.1 Å². The van der Waals surface area contributed by atoms with Crippen LogP contribution in [-0.4, -0.2) is 40.6 Å². The van der Waals surface area contributed by atoms with Crippen LogP contribution in [0, 0.1) is 5.92 Å². The lowest BCUT2D eigenvalue weighted by atomic mass is 10.2. The molecule has 5 nitrogen and oxygen atoms in total. The summed E-state index contributed by atoms with van der Waals surface area (Å²) in [5.74, 6) is 0.928. The zero-order valence-electron chi connectivity index (χ0n) is 12.1. The first-order valence-electron chi connectivity index (χ1n) is 7.07. The van der Waals surface area contributed by atoms with Crippen molar-refractivity contribution in [3.8, 4) is 0 Å². The number of nitrogens with zero attached hydrogens (tertiary/aromatic N) is 3. The van der Waals surface area contributed by atoms with E-state index in [0.29, 0.717) is 17.8 Å². The number of anilines is 1. The Kier molecular flexibility index (Phi) is 4.58. The Morgan fingerprint density at radius 1 is 1.53 bits per heavy atom. The van der Waals surface area contributed by atoms with Gasteiger partial charge in [-0.3, -0.25) is 4.79 Å². The third-order valence-electron chi connectivity index (χ3n) is 3.65. The van der Waals surface area contributed by atoms with Crippen LogP contribution in [0.25, 0.3) is 0 Å². The van der Waals surface area contributed by atoms with E-state index in [0.717, 1.165) is 19.6 Å². The first-order valence-corrected chi connectivity index (χ1v) is 7.07. The topological polar surface area (TPSA) is 50.2 Å². The first-order chi connectivity index (χ1) is 9.08. The average Bonchev–Trinajstić information content (AvgIpc) is 2.76. The molecule has 5 heteroatoms. The van der Waals surface area contributed by atoms with Crippen molar-refractivity contribution in [1.29, 1.82) is 0 Å². The van der Waals surface area contributed by atoms with Gasteiger partial charge in [0.2, 0.25) is 0 Å². The van der Waals surface area contributed by atoms with E-state index in [-0.39, 0.29) is 5.56 Å². The van der Waals surface area contributed by atoms with Gasteiger partial charge in [0.05, 0.1) is 0 Å². The van der Waals surface area contributed by atoms with Crippen LogP contribution < -0.4 is 10.9 Å². The molecule has 1 aliphatic heterocycles. The van der Waals surface area contributed by atoms with E-state index in [4.69, 9.17) is 0 Å². The summed E-state index contributed by atoms with van der Waals surface area (Å²) in [6.07, 6.45) is 5.89. The number of aromatic nitrogens is 2. The third kappa shape index (κ3) is 3.56. The number of likely N-dealkylation sites (N-methyl/N-ethyl adjacent to an activating group) is 1. The molecule has 106 valence electrons. The number of hydrogen-bond acceptors (Lipinski definition) is 4. The van der Waals surface area contributed by atoms with Gasteiger partial charge in [0.1, 0.15) is 0 Å². The van der Waals surface area contributed by atoms with Crippen molar-refractivity contribution in [1.82, 2.24) is 14.5 Å². The molecule has 1 saturated heterocycles. The highest BCUT2D eigenvalue weighted by atomic mass is 16.1. The zero-order chi connectivity index (χ0) is 13.8. The van der Waals surface area contributed by atoms with Crippen LogP contribution in [0.1, 0.15) is 26.7 Å². The monoisotopic (exact) mass is 264 g/mol. The molecule has 2 heterocycles. The van der Waals surface area contributed by atoms with Crippen molar-refractivity contribution < 1.29 is 0 Å². The molecule has 2 rings (SSSR count). The van der Waals surface area contributed by atoms with E-state index in [1.54, 1.807) is 17.0 Å². The molecule has 1 aromatic heterocycles. The van der Waals surface area contributed by atoms with Gasteiger partial charge < -0.3 is 14.8 Å². The lowest BCUT2D eigenvalue weighted by molar-refractivity contribution is 0.322. The van der Waals surface area contributed by atoms with Gasteiger partial charge in [-0.2, -0.15) is 0 Å². The van der Waals surface area contributed by atoms with Gasteiger partial charge in [0, 0.05) is 31.5 Å². The quantitative estimate of drug-likeness (QED) is 0.873. The molecule has 1 aromatic rings.